The van der Waals surface area contributed by atoms with Gasteiger partial charge in [0.25, 0.3) is 5.91 Å². The first-order valence-corrected chi connectivity index (χ1v) is 3.23. The predicted octanol–water partition coefficient (Wildman–Crippen LogP) is -0.548. The zero-order valence-corrected chi connectivity index (χ0v) is 5.98. The molecule has 6 nitrogen and oxygen atoms in total. The number of primary amides is 1. The number of aromatic nitrogens is 4. The number of nitrogens with two attached hydrogens (primary N) is 1. The predicted molar refractivity (Wildman–Crippen MR) is 40.2 cm³/mol. The van der Waals surface area contributed by atoms with E-state index in [0.29, 0.717) is 11.0 Å². The number of fused-ring (bicyclic) bond motifs is 1. The number of amides is 1. The third-order valence-electron chi connectivity index (χ3n) is 1.46. The highest BCUT2D eigenvalue weighted by Gasteiger charge is 2.10. The molecule has 0 unspecified atom stereocenters. The molecule has 1 amide bonds. The van der Waals surface area contributed by atoms with Gasteiger partial charge >= 0.3 is 0 Å². The fraction of sp³-hybridized carbons (Fsp3) is 0. The van der Waals surface area contributed by atoms with Crippen LogP contribution in [0.1, 0.15) is 10.5 Å². The van der Waals surface area contributed by atoms with E-state index in [0.717, 1.165) is 0 Å². The van der Waals surface area contributed by atoms with Gasteiger partial charge in [0.15, 0.2) is 5.69 Å². The topological polar surface area (TPSA) is 97.6 Å². The van der Waals surface area contributed by atoms with Gasteiger partial charge in [-0.3, -0.25) is 9.89 Å². The number of H-pyrrole nitrogens is 1. The van der Waals surface area contributed by atoms with Gasteiger partial charge in [-0.05, 0) is 0 Å². The molecular weight excluding hydrogens is 158 g/mol. The number of carbonyl (C=O) groups is 1. The highest BCUT2D eigenvalue weighted by atomic mass is 16.1. The molecule has 0 saturated heterocycles. The zero-order chi connectivity index (χ0) is 8.55. The van der Waals surface area contributed by atoms with Crippen molar-refractivity contribution in [1.82, 2.24) is 20.2 Å². The largest absolute Gasteiger partial charge is 0.364 e. The summed E-state index contributed by atoms with van der Waals surface area (Å²) in [5.74, 6) is -0.597. The fourth-order valence-electron chi connectivity index (χ4n) is 0.941. The van der Waals surface area contributed by atoms with Crippen molar-refractivity contribution in [2.75, 3.05) is 0 Å². The minimum Gasteiger partial charge on any atom is -0.364 e. The lowest BCUT2D eigenvalue weighted by Crippen LogP contribution is -2.12. The van der Waals surface area contributed by atoms with Gasteiger partial charge in [0.1, 0.15) is 17.4 Å². The van der Waals surface area contributed by atoms with Crippen LogP contribution in [0.2, 0.25) is 0 Å². The number of hydrogen-bond acceptors (Lipinski definition) is 4. The molecule has 2 heterocycles. The summed E-state index contributed by atoms with van der Waals surface area (Å²) in [7, 11) is 0. The third-order valence-corrected chi connectivity index (χ3v) is 1.46. The number of nitrogens with one attached hydrogen (secondary N) is 1. The van der Waals surface area contributed by atoms with E-state index >= 15 is 0 Å². The van der Waals surface area contributed by atoms with Crippen LogP contribution in [-0.2, 0) is 0 Å². The molecule has 0 aromatic carbocycles. The molecule has 0 aliphatic heterocycles. The fourth-order valence-corrected chi connectivity index (χ4v) is 0.941. The van der Waals surface area contributed by atoms with Crippen LogP contribution >= 0.6 is 0 Å². The standard InChI is InChI=1S/C6H5N5O/c7-6(12)5-4-3(10-11-5)1-8-2-9-4/h1-2H,(H2,7,12)(H,10,11). The van der Waals surface area contributed by atoms with Crippen molar-refractivity contribution in [3.63, 3.8) is 0 Å². The van der Waals surface area contributed by atoms with Crippen LogP contribution in [0.5, 0.6) is 0 Å². The summed E-state index contributed by atoms with van der Waals surface area (Å²) in [5.41, 5.74) is 6.25. The Morgan fingerprint density at radius 1 is 1.58 bits per heavy atom. The molecule has 0 saturated carbocycles. The van der Waals surface area contributed by atoms with Crippen molar-refractivity contribution in [2.45, 2.75) is 0 Å². The van der Waals surface area contributed by atoms with Crippen LogP contribution in [0.3, 0.4) is 0 Å². The van der Waals surface area contributed by atoms with Gasteiger partial charge in [0.2, 0.25) is 0 Å². The van der Waals surface area contributed by atoms with Crippen molar-refractivity contribution in [1.29, 1.82) is 0 Å². The van der Waals surface area contributed by atoms with E-state index < -0.39 is 5.91 Å². The van der Waals surface area contributed by atoms with Gasteiger partial charge in [0.05, 0.1) is 6.20 Å². The molecule has 2 rings (SSSR count). The molecule has 0 bridgehead atoms. The van der Waals surface area contributed by atoms with Crippen LogP contribution in [0.15, 0.2) is 12.5 Å². The van der Waals surface area contributed by atoms with Crippen LogP contribution in [0.4, 0.5) is 0 Å². The van der Waals surface area contributed by atoms with E-state index in [2.05, 4.69) is 20.2 Å². The molecular formula is C6H5N5O. The minimum atomic E-state index is -0.597. The lowest BCUT2D eigenvalue weighted by atomic mass is 10.3. The second kappa shape index (κ2) is 2.26. The van der Waals surface area contributed by atoms with Crippen LogP contribution < -0.4 is 5.73 Å². The van der Waals surface area contributed by atoms with E-state index in [1.807, 2.05) is 0 Å². The summed E-state index contributed by atoms with van der Waals surface area (Å²) < 4.78 is 0. The van der Waals surface area contributed by atoms with E-state index in [1.165, 1.54) is 12.5 Å². The summed E-state index contributed by atoms with van der Waals surface area (Å²) in [6.07, 6.45) is 2.87. The molecule has 12 heavy (non-hydrogen) atoms. The number of nitrogens with zero attached hydrogens (tertiary/aromatic N) is 3. The maximum atomic E-state index is 10.8. The SMILES string of the molecule is NC(=O)c1n[nH]c2cncnc12. The maximum Gasteiger partial charge on any atom is 0.271 e. The molecule has 3 N–H and O–H groups in total. The third kappa shape index (κ3) is 0.815. The van der Waals surface area contributed by atoms with Crippen LogP contribution in [-0.4, -0.2) is 26.1 Å². The van der Waals surface area contributed by atoms with Gasteiger partial charge in [0, 0.05) is 0 Å². The molecule has 60 valence electrons. The summed E-state index contributed by atoms with van der Waals surface area (Å²) in [4.78, 5) is 18.4. The molecule has 0 aliphatic carbocycles. The molecule has 2 aromatic heterocycles. The van der Waals surface area contributed by atoms with Crippen molar-refractivity contribution in [3.8, 4) is 0 Å². The van der Waals surface area contributed by atoms with Crippen molar-refractivity contribution in [3.05, 3.63) is 18.2 Å². The van der Waals surface area contributed by atoms with Gasteiger partial charge in [-0.25, -0.2) is 9.97 Å². The summed E-state index contributed by atoms with van der Waals surface area (Å²) in [6, 6.07) is 0. The smallest absolute Gasteiger partial charge is 0.271 e. The Kier molecular flexibility index (Phi) is 1.26. The number of aromatic amines is 1. The Labute approximate surface area is 66.8 Å². The van der Waals surface area contributed by atoms with E-state index in [9.17, 15) is 4.79 Å². The van der Waals surface area contributed by atoms with E-state index in [4.69, 9.17) is 5.73 Å². The van der Waals surface area contributed by atoms with Gasteiger partial charge in [-0.15, -0.1) is 0 Å². The van der Waals surface area contributed by atoms with Crippen LogP contribution in [0.25, 0.3) is 11.0 Å². The van der Waals surface area contributed by atoms with Crippen molar-refractivity contribution < 1.29 is 4.79 Å². The summed E-state index contributed by atoms with van der Waals surface area (Å²) in [5, 5.41) is 6.29. The normalized spacial score (nSPS) is 10.3. The summed E-state index contributed by atoms with van der Waals surface area (Å²) in [6.45, 7) is 0. The van der Waals surface area contributed by atoms with E-state index in [-0.39, 0.29) is 5.69 Å². The Bertz CT molecular complexity index is 434. The number of carbonyl (C=O) groups excluding carboxylic acids is 1. The highest BCUT2D eigenvalue weighted by molar-refractivity contribution is 6.01. The van der Waals surface area contributed by atoms with Gasteiger partial charge in [-0.2, -0.15) is 5.10 Å². The number of rotatable bonds is 1. The minimum absolute atomic E-state index is 0.146. The Morgan fingerprint density at radius 2 is 2.42 bits per heavy atom. The highest BCUT2D eigenvalue weighted by Crippen LogP contribution is 2.09. The molecule has 0 fully saturated rings. The Morgan fingerprint density at radius 3 is 3.17 bits per heavy atom. The quantitative estimate of drug-likeness (QED) is 0.589. The van der Waals surface area contributed by atoms with Crippen molar-refractivity contribution in [2.24, 2.45) is 5.73 Å². The van der Waals surface area contributed by atoms with E-state index in [1.54, 1.807) is 0 Å². The Balaban J connectivity index is 2.79. The first-order chi connectivity index (χ1) is 5.79. The summed E-state index contributed by atoms with van der Waals surface area (Å²) >= 11 is 0. The Hall–Kier alpha value is -1.98. The number of hydrogen-bond donors (Lipinski definition) is 2. The lowest BCUT2D eigenvalue weighted by Gasteiger charge is -1.86. The zero-order valence-electron chi connectivity index (χ0n) is 5.98. The second-order valence-electron chi connectivity index (χ2n) is 2.22. The monoisotopic (exact) mass is 163 g/mol. The second-order valence-corrected chi connectivity index (χ2v) is 2.22. The average Bonchev–Trinajstić information content (AvgIpc) is 2.47. The van der Waals surface area contributed by atoms with Crippen LogP contribution in [0, 0.1) is 0 Å². The van der Waals surface area contributed by atoms with Gasteiger partial charge < -0.3 is 5.73 Å². The van der Waals surface area contributed by atoms with Crippen molar-refractivity contribution >= 4 is 16.9 Å². The molecule has 0 radical (unpaired) electrons. The lowest BCUT2D eigenvalue weighted by molar-refractivity contribution is 0.0997. The first kappa shape index (κ1) is 6.71. The van der Waals surface area contributed by atoms with Gasteiger partial charge in [-0.1, -0.05) is 0 Å². The molecule has 6 heteroatoms. The molecule has 0 spiro atoms. The average molecular weight is 163 g/mol. The maximum absolute atomic E-state index is 10.8. The first-order valence-electron chi connectivity index (χ1n) is 3.23. The molecule has 0 aliphatic rings. The molecule has 0 atom stereocenters. The molecule has 2 aromatic rings.